The first kappa shape index (κ1) is 30.9. The summed E-state index contributed by atoms with van der Waals surface area (Å²) in [5.41, 5.74) is 1.56. The lowest BCUT2D eigenvalue weighted by molar-refractivity contribution is -0.132. The van der Waals surface area contributed by atoms with E-state index in [1.54, 1.807) is 61.7 Å². The maximum atomic E-state index is 13.8. The van der Waals surface area contributed by atoms with Crippen molar-refractivity contribution in [2.45, 2.75) is 46.1 Å². The van der Waals surface area contributed by atoms with E-state index in [1.165, 1.54) is 16.2 Å². The molecule has 0 spiro atoms. The first-order valence-corrected chi connectivity index (χ1v) is 15.6. The van der Waals surface area contributed by atoms with Crippen molar-refractivity contribution in [2.75, 3.05) is 31.8 Å². The van der Waals surface area contributed by atoms with Gasteiger partial charge in [0.1, 0.15) is 17.3 Å². The van der Waals surface area contributed by atoms with E-state index in [0.717, 1.165) is 24.0 Å². The van der Waals surface area contributed by atoms with Crippen LogP contribution >= 0.6 is 11.3 Å². The van der Waals surface area contributed by atoms with Crippen LogP contribution in [-0.2, 0) is 9.59 Å². The average molecular weight is 617 g/mol. The minimum Gasteiger partial charge on any atom is -0.507 e. The highest BCUT2D eigenvalue weighted by Crippen LogP contribution is 2.46. The molecule has 1 amide bonds. The molecule has 230 valence electrons. The van der Waals surface area contributed by atoms with Crippen molar-refractivity contribution < 1.29 is 33.6 Å². The van der Waals surface area contributed by atoms with Gasteiger partial charge in [-0.15, -0.1) is 0 Å². The summed E-state index contributed by atoms with van der Waals surface area (Å²) in [7, 11) is 1.58. The van der Waals surface area contributed by atoms with Crippen molar-refractivity contribution in [2.24, 2.45) is 0 Å². The summed E-state index contributed by atoms with van der Waals surface area (Å²) in [6.07, 6.45) is 3.04. The van der Waals surface area contributed by atoms with Crippen molar-refractivity contribution >= 4 is 44.1 Å². The number of aliphatic hydroxyl groups excluding tert-OH is 1. The van der Waals surface area contributed by atoms with Crippen LogP contribution < -0.4 is 23.8 Å². The van der Waals surface area contributed by atoms with Crippen LogP contribution in [0.15, 0.2) is 66.2 Å². The number of methoxy groups -OCH3 is 1. The van der Waals surface area contributed by atoms with Gasteiger partial charge >= 0.3 is 5.91 Å². The fourth-order valence-corrected chi connectivity index (χ4v) is 6.14. The first-order valence-electron chi connectivity index (χ1n) is 14.8. The number of carbonyl (C=O) groups excluding carboxylic acids is 2. The Balaban J connectivity index is 1.64. The summed E-state index contributed by atoms with van der Waals surface area (Å²) >= 11 is 1.26. The van der Waals surface area contributed by atoms with Crippen LogP contribution in [0.5, 0.6) is 23.0 Å². The van der Waals surface area contributed by atoms with E-state index in [-0.39, 0.29) is 11.3 Å². The summed E-state index contributed by atoms with van der Waals surface area (Å²) in [5.74, 6) is 0.450. The number of unbranched alkanes of at least 4 members (excludes halogenated alkanes) is 2. The molecule has 0 saturated carbocycles. The van der Waals surface area contributed by atoms with E-state index in [1.807, 2.05) is 19.9 Å². The minimum atomic E-state index is -0.975. The zero-order chi connectivity index (χ0) is 31.2. The molecule has 0 bridgehead atoms. The third-order valence-electron chi connectivity index (χ3n) is 7.26. The number of aliphatic hydroxyl groups is 1. The van der Waals surface area contributed by atoms with Crippen LogP contribution in [0.2, 0.25) is 0 Å². The fraction of sp³-hybridized carbons (Fsp3) is 0.324. The second kappa shape index (κ2) is 13.8. The number of aromatic nitrogens is 1. The maximum Gasteiger partial charge on any atom is 0.301 e. The van der Waals surface area contributed by atoms with E-state index < -0.39 is 17.7 Å². The number of ether oxygens (including phenoxy) is 4. The summed E-state index contributed by atoms with van der Waals surface area (Å²) in [4.78, 5) is 33.5. The molecule has 10 heteroatoms. The number of amides is 1. The van der Waals surface area contributed by atoms with Crippen LogP contribution in [0.1, 0.15) is 57.2 Å². The molecule has 1 unspecified atom stereocenters. The predicted molar refractivity (Wildman–Crippen MR) is 171 cm³/mol. The molecule has 1 saturated heterocycles. The maximum absolute atomic E-state index is 13.8. The second-order valence-electron chi connectivity index (χ2n) is 10.2. The molecule has 5 rings (SSSR count). The highest BCUT2D eigenvalue weighted by Gasteiger charge is 2.48. The molecule has 1 aromatic heterocycles. The highest BCUT2D eigenvalue weighted by atomic mass is 32.1. The Hall–Kier alpha value is -4.57. The number of hydrogen-bond acceptors (Lipinski definition) is 9. The van der Waals surface area contributed by atoms with Crippen molar-refractivity contribution in [3.63, 3.8) is 0 Å². The lowest BCUT2D eigenvalue weighted by atomic mass is 9.95. The number of Topliss-reactive ketones (excluding diaryl/α,β-unsaturated/α-hetero) is 1. The third-order valence-corrected chi connectivity index (χ3v) is 8.28. The Kier molecular flexibility index (Phi) is 9.69. The van der Waals surface area contributed by atoms with Crippen LogP contribution in [-0.4, -0.2) is 48.7 Å². The fourth-order valence-electron chi connectivity index (χ4n) is 5.12. The normalized spacial score (nSPS) is 16.0. The monoisotopic (exact) mass is 616 g/mol. The number of thiazole rings is 1. The van der Waals surface area contributed by atoms with Gasteiger partial charge in [-0.3, -0.25) is 14.5 Å². The minimum absolute atomic E-state index is 0.0462. The van der Waals surface area contributed by atoms with E-state index in [9.17, 15) is 14.7 Å². The topological polar surface area (TPSA) is 107 Å². The number of rotatable bonds is 13. The SMILES string of the molecule is CCCCCOc1ccc(C2C(=C(O)c3ccc(OCC)cc3)C(=O)C(=O)N2c2nc3ccc(OC)cc3s2)cc1OCC. The van der Waals surface area contributed by atoms with Crippen LogP contribution in [0.4, 0.5) is 5.13 Å². The molecule has 1 fully saturated rings. The lowest BCUT2D eigenvalue weighted by Gasteiger charge is -2.24. The number of fused-ring (bicyclic) bond motifs is 1. The van der Waals surface area contributed by atoms with Crippen molar-refractivity contribution in [1.82, 2.24) is 4.98 Å². The van der Waals surface area contributed by atoms with Gasteiger partial charge in [0.05, 0.1) is 48.8 Å². The zero-order valence-corrected chi connectivity index (χ0v) is 26.1. The molecule has 1 aliphatic heterocycles. The van der Waals surface area contributed by atoms with Crippen LogP contribution in [0, 0.1) is 0 Å². The number of carbonyl (C=O) groups is 2. The molecule has 1 atom stereocenters. The number of benzene rings is 3. The van der Waals surface area contributed by atoms with Gasteiger partial charge in [-0.25, -0.2) is 4.98 Å². The number of hydrogen-bond donors (Lipinski definition) is 1. The summed E-state index contributed by atoms with van der Waals surface area (Å²) in [5, 5.41) is 11.9. The Morgan fingerprint density at radius 3 is 2.34 bits per heavy atom. The van der Waals surface area contributed by atoms with Crippen molar-refractivity contribution in [3.8, 4) is 23.0 Å². The molecular formula is C34H36N2O7S. The molecule has 9 nitrogen and oxygen atoms in total. The van der Waals surface area contributed by atoms with Crippen LogP contribution in [0.25, 0.3) is 16.0 Å². The van der Waals surface area contributed by atoms with E-state index in [2.05, 4.69) is 6.92 Å². The Bertz CT molecular complexity index is 1680. The zero-order valence-electron chi connectivity index (χ0n) is 25.3. The van der Waals surface area contributed by atoms with Crippen molar-refractivity contribution in [1.29, 1.82) is 0 Å². The van der Waals surface area contributed by atoms with Gasteiger partial charge in [0.25, 0.3) is 5.78 Å². The second-order valence-corrected chi connectivity index (χ2v) is 11.2. The summed E-state index contributed by atoms with van der Waals surface area (Å²) in [6, 6.07) is 16.5. The molecule has 1 N–H and O–H groups in total. The van der Waals surface area contributed by atoms with Gasteiger partial charge in [0.15, 0.2) is 16.6 Å². The number of anilines is 1. The van der Waals surface area contributed by atoms with Gasteiger partial charge in [0.2, 0.25) is 0 Å². The first-order chi connectivity index (χ1) is 21.4. The molecule has 0 radical (unpaired) electrons. The molecular weight excluding hydrogens is 580 g/mol. The van der Waals surface area contributed by atoms with E-state index in [0.29, 0.717) is 64.6 Å². The average Bonchev–Trinajstić information content (AvgIpc) is 3.57. The van der Waals surface area contributed by atoms with E-state index in [4.69, 9.17) is 23.9 Å². The Labute approximate surface area is 260 Å². The molecule has 0 aliphatic carbocycles. The Morgan fingerprint density at radius 2 is 1.64 bits per heavy atom. The molecule has 4 aromatic rings. The van der Waals surface area contributed by atoms with Gasteiger partial charge in [-0.1, -0.05) is 37.2 Å². The van der Waals surface area contributed by atoms with Crippen molar-refractivity contribution in [3.05, 3.63) is 77.4 Å². The predicted octanol–water partition coefficient (Wildman–Crippen LogP) is 7.30. The molecule has 44 heavy (non-hydrogen) atoms. The van der Waals surface area contributed by atoms with Gasteiger partial charge in [-0.2, -0.15) is 0 Å². The van der Waals surface area contributed by atoms with Gasteiger partial charge < -0.3 is 24.1 Å². The molecule has 3 aromatic carbocycles. The number of ketones is 1. The molecule has 2 heterocycles. The van der Waals surface area contributed by atoms with Gasteiger partial charge in [-0.05, 0) is 80.4 Å². The quantitative estimate of drug-likeness (QED) is 0.0722. The Morgan fingerprint density at radius 1 is 0.886 bits per heavy atom. The molecule has 1 aliphatic rings. The number of nitrogens with zero attached hydrogens (tertiary/aromatic N) is 2. The van der Waals surface area contributed by atoms with E-state index >= 15 is 0 Å². The third kappa shape index (κ3) is 6.21. The summed E-state index contributed by atoms with van der Waals surface area (Å²) in [6.45, 7) is 7.31. The highest BCUT2D eigenvalue weighted by molar-refractivity contribution is 7.22. The standard InChI is InChI=1S/C34H36N2O7S/c1-5-8-9-18-43-26-17-12-22(19-27(26)42-7-3)30-29(31(37)21-10-13-23(14-11-21)41-6-2)32(38)33(39)36(30)34-35-25-16-15-24(40-4)20-28(25)44-34/h10-17,19-20,30,37H,5-9,18H2,1-4H3. The smallest absolute Gasteiger partial charge is 0.301 e. The largest absolute Gasteiger partial charge is 0.507 e. The van der Waals surface area contributed by atoms with Crippen LogP contribution in [0.3, 0.4) is 0 Å². The lowest BCUT2D eigenvalue weighted by Crippen LogP contribution is -2.29. The summed E-state index contributed by atoms with van der Waals surface area (Å²) < 4.78 is 23.7. The van der Waals surface area contributed by atoms with Gasteiger partial charge in [0, 0.05) is 5.56 Å².